The lowest BCUT2D eigenvalue weighted by molar-refractivity contribution is -0.123. The summed E-state index contributed by atoms with van der Waals surface area (Å²) >= 11 is 12.9. The molecule has 2 heterocycles. The summed E-state index contributed by atoms with van der Waals surface area (Å²) in [6.45, 7) is 2.75. The van der Waals surface area contributed by atoms with Crippen molar-refractivity contribution in [3.63, 3.8) is 0 Å². The van der Waals surface area contributed by atoms with E-state index < -0.39 is 5.97 Å². The molecule has 0 aliphatic carbocycles. The minimum absolute atomic E-state index is 0.0242. The normalized spacial score (nSPS) is 17.1. The molecule has 1 fully saturated rings. The number of benzene rings is 3. The highest BCUT2D eigenvalue weighted by Gasteiger charge is 2.25. The summed E-state index contributed by atoms with van der Waals surface area (Å²) in [5.74, 6) is 0.241. The van der Waals surface area contributed by atoms with Gasteiger partial charge in [0, 0.05) is 61.8 Å². The van der Waals surface area contributed by atoms with Crippen molar-refractivity contribution in [2.75, 3.05) is 40.3 Å². The number of ether oxygens (including phenoxy) is 2. The highest BCUT2D eigenvalue weighted by Crippen LogP contribution is 2.43. The van der Waals surface area contributed by atoms with Crippen molar-refractivity contribution in [1.29, 1.82) is 0 Å². The molecule has 1 atom stereocenters. The number of nitrogens with zero attached hydrogens (tertiary/aromatic N) is 2. The van der Waals surface area contributed by atoms with Gasteiger partial charge in [-0.25, -0.2) is 4.79 Å². The van der Waals surface area contributed by atoms with Gasteiger partial charge in [-0.15, -0.1) is 0 Å². The van der Waals surface area contributed by atoms with E-state index in [0.717, 1.165) is 53.1 Å². The molecule has 2 aliphatic rings. The second kappa shape index (κ2) is 13.0. The lowest BCUT2D eigenvalue weighted by Crippen LogP contribution is -2.25. The lowest BCUT2D eigenvalue weighted by Gasteiger charge is -2.18. The monoisotopic (exact) mass is 606 g/mol. The summed E-state index contributed by atoms with van der Waals surface area (Å²) in [6.07, 6.45) is 5.02. The maximum Gasteiger partial charge on any atom is 0.335 e. The summed E-state index contributed by atoms with van der Waals surface area (Å²) in [4.78, 5) is 27.2. The molecule has 3 aromatic carbocycles. The van der Waals surface area contributed by atoms with Gasteiger partial charge in [0.25, 0.3) is 0 Å². The van der Waals surface area contributed by atoms with Crippen molar-refractivity contribution in [3.8, 4) is 11.5 Å². The summed E-state index contributed by atoms with van der Waals surface area (Å²) in [5, 5.41) is 10.6. The maximum absolute atomic E-state index is 11.8. The number of aromatic carboxylic acids is 1. The summed E-state index contributed by atoms with van der Waals surface area (Å²) in [6, 6.07) is 18.3. The van der Waals surface area contributed by atoms with E-state index in [0.29, 0.717) is 35.4 Å². The van der Waals surface area contributed by atoms with Crippen molar-refractivity contribution < 1.29 is 24.2 Å². The minimum atomic E-state index is -1.01. The van der Waals surface area contributed by atoms with Crippen LogP contribution in [0.5, 0.6) is 11.5 Å². The van der Waals surface area contributed by atoms with Crippen LogP contribution in [-0.2, 0) is 4.79 Å². The Kier molecular flexibility index (Phi) is 9.21. The van der Waals surface area contributed by atoms with E-state index in [-0.39, 0.29) is 17.6 Å². The average molecular weight is 608 g/mol. The van der Waals surface area contributed by atoms with Gasteiger partial charge in [-0.1, -0.05) is 47.5 Å². The van der Waals surface area contributed by atoms with E-state index >= 15 is 0 Å². The number of carboxylic acid groups (broad SMARTS) is 1. The van der Waals surface area contributed by atoms with Gasteiger partial charge in [0.15, 0.2) is 0 Å². The van der Waals surface area contributed by atoms with Crippen LogP contribution in [-0.4, -0.2) is 73.2 Å². The SMILES string of the molecule is CN(C)C(=O)C=CCN1CC[C@H](Oc2ccc(C3=C(c4ccc(Cl)cc4Cl)CCOc4cc(C(=O)O)ccc43)cc2)C1. The van der Waals surface area contributed by atoms with Gasteiger partial charge in [0.1, 0.15) is 17.6 Å². The molecule has 0 bridgehead atoms. The van der Waals surface area contributed by atoms with Gasteiger partial charge >= 0.3 is 5.97 Å². The van der Waals surface area contributed by atoms with Crippen molar-refractivity contribution in [3.05, 3.63) is 105 Å². The number of carboxylic acids is 1. The summed E-state index contributed by atoms with van der Waals surface area (Å²) in [5.41, 5.74) is 4.64. The van der Waals surface area contributed by atoms with Crippen LogP contribution in [0.1, 0.15) is 39.9 Å². The van der Waals surface area contributed by atoms with Crippen LogP contribution in [0.2, 0.25) is 10.0 Å². The van der Waals surface area contributed by atoms with Crippen LogP contribution in [0.4, 0.5) is 0 Å². The third-order valence-electron chi connectivity index (χ3n) is 7.41. The second-order valence-electron chi connectivity index (χ2n) is 10.5. The topological polar surface area (TPSA) is 79.3 Å². The van der Waals surface area contributed by atoms with Crippen LogP contribution in [0.3, 0.4) is 0 Å². The number of likely N-dealkylation sites (tertiary alicyclic amines) is 1. The molecule has 0 unspecified atom stereocenters. The summed E-state index contributed by atoms with van der Waals surface area (Å²) < 4.78 is 12.4. The fraction of sp³-hybridized carbons (Fsp3) is 0.273. The Balaban J connectivity index is 1.41. The van der Waals surface area contributed by atoms with Crippen molar-refractivity contribution in [1.82, 2.24) is 9.80 Å². The maximum atomic E-state index is 11.8. The molecule has 1 amide bonds. The molecule has 0 spiro atoms. The third-order valence-corrected chi connectivity index (χ3v) is 7.95. The van der Waals surface area contributed by atoms with Gasteiger partial charge < -0.3 is 19.5 Å². The first kappa shape index (κ1) is 29.7. The van der Waals surface area contributed by atoms with Gasteiger partial charge in [0.2, 0.25) is 5.91 Å². The fourth-order valence-corrected chi connectivity index (χ4v) is 5.79. The number of hydrogen-bond donors (Lipinski definition) is 1. The van der Waals surface area contributed by atoms with Crippen LogP contribution in [0, 0.1) is 0 Å². The van der Waals surface area contributed by atoms with Crippen LogP contribution >= 0.6 is 23.2 Å². The Morgan fingerprint density at radius 1 is 1.07 bits per heavy atom. The van der Waals surface area contributed by atoms with Gasteiger partial charge in [-0.2, -0.15) is 0 Å². The van der Waals surface area contributed by atoms with E-state index in [1.165, 1.54) is 0 Å². The summed E-state index contributed by atoms with van der Waals surface area (Å²) in [7, 11) is 3.47. The molecule has 0 aromatic heterocycles. The zero-order valence-electron chi connectivity index (χ0n) is 23.5. The molecular formula is C33H32Cl2N2O5. The molecule has 218 valence electrons. The van der Waals surface area contributed by atoms with Crippen LogP contribution in [0.15, 0.2) is 72.8 Å². The Morgan fingerprint density at radius 2 is 1.83 bits per heavy atom. The second-order valence-corrected chi connectivity index (χ2v) is 11.4. The molecule has 42 heavy (non-hydrogen) atoms. The Morgan fingerprint density at radius 3 is 2.55 bits per heavy atom. The highest BCUT2D eigenvalue weighted by atomic mass is 35.5. The zero-order valence-corrected chi connectivity index (χ0v) is 25.0. The van der Waals surface area contributed by atoms with E-state index in [9.17, 15) is 14.7 Å². The van der Waals surface area contributed by atoms with E-state index in [1.807, 2.05) is 42.5 Å². The van der Waals surface area contributed by atoms with Gasteiger partial charge in [-0.3, -0.25) is 9.69 Å². The quantitative estimate of drug-likeness (QED) is 0.294. The molecular weight excluding hydrogens is 575 g/mol. The minimum Gasteiger partial charge on any atom is -0.493 e. The smallest absolute Gasteiger partial charge is 0.335 e. The first-order valence-corrected chi connectivity index (χ1v) is 14.5. The predicted octanol–water partition coefficient (Wildman–Crippen LogP) is 6.53. The Bertz CT molecular complexity index is 1550. The number of hydrogen-bond acceptors (Lipinski definition) is 5. The molecule has 0 saturated carbocycles. The molecule has 3 aromatic rings. The van der Waals surface area contributed by atoms with E-state index in [1.54, 1.807) is 49.3 Å². The average Bonchev–Trinajstić information content (AvgIpc) is 3.31. The first-order valence-electron chi connectivity index (χ1n) is 13.8. The van der Waals surface area contributed by atoms with Gasteiger partial charge in [0.05, 0.1) is 12.2 Å². The molecule has 0 radical (unpaired) electrons. The van der Waals surface area contributed by atoms with Gasteiger partial charge in [-0.05, 0) is 71.2 Å². The van der Waals surface area contributed by atoms with Crippen LogP contribution < -0.4 is 9.47 Å². The molecule has 9 heteroatoms. The number of halogens is 2. The number of amides is 1. The lowest BCUT2D eigenvalue weighted by atomic mass is 9.87. The van der Waals surface area contributed by atoms with Crippen molar-refractivity contribution >= 4 is 46.2 Å². The first-order chi connectivity index (χ1) is 20.2. The molecule has 1 saturated heterocycles. The largest absolute Gasteiger partial charge is 0.493 e. The Hall–Kier alpha value is -3.78. The Labute approximate surface area is 255 Å². The number of carbonyl (C=O) groups is 2. The van der Waals surface area contributed by atoms with E-state index in [4.69, 9.17) is 32.7 Å². The highest BCUT2D eigenvalue weighted by molar-refractivity contribution is 6.36. The zero-order chi connectivity index (χ0) is 29.8. The van der Waals surface area contributed by atoms with Crippen molar-refractivity contribution in [2.24, 2.45) is 0 Å². The number of rotatable bonds is 8. The van der Waals surface area contributed by atoms with Crippen molar-refractivity contribution in [2.45, 2.75) is 18.9 Å². The van der Waals surface area contributed by atoms with E-state index in [2.05, 4.69) is 4.90 Å². The fourth-order valence-electron chi connectivity index (χ4n) is 5.27. The number of fused-ring (bicyclic) bond motifs is 1. The predicted molar refractivity (Wildman–Crippen MR) is 166 cm³/mol. The molecule has 2 aliphatic heterocycles. The molecule has 1 N–H and O–H groups in total. The molecule has 7 nitrogen and oxygen atoms in total. The third kappa shape index (κ3) is 6.81. The molecule has 5 rings (SSSR count). The van der Waals surface area contributed by atoms with Crippen LogP contribution in [0.25, 0.3) is 11.1 Å². The standard InChI is InChI=1S/C33H32Cl2N2O5/c1-36(2)31(38)4-3-15-37-16-13-25(20-37)42-24-9-5-21(6-10-24)32-27(26-12-8-23(34)19-29(26)35)14-17-41-30-18-22(33(39)40)7-11-28(30)32/h3-12,18-19,25H,13-17,20H2,1-2H3,(H,39,40)/t25-/m0/s1. The number of likely N-dealkylation sites (N-methyl/N-ethyl adjacent to an activating group) is 1. The number of carbonyl (C=O) groups excluding carboxylic acids is 1.